The van der Waals surface area contributed by atoms with Crippen molar-refractivity contribution in [1.29, 1.82) is 0 Å². The first-order valence-corrected chi connectivity index (χ1v) is 14.8. The number of aromatic nitrogens is 2. The third-order valence-corrected chi connectivity index (χ3v) is 7.67. The maximum Gasteiger partial charge on any atom is 0.252 e. The van der Waals surface area contributed by atoms with Gasteiger partial charge in [0.1, 0.15) is 11.9 Å². The van der Waals surface area contributed by atoms with Crippen molar-refractivity contribution in [1.82, 2.24) is 20.2 Å². The van der Waals surface area contributed by atoms with Gasteiger partial charge >= 0.3 is 0 Å². The summed E-state index contributed by atoms with van der Waals surface area (Å²) in [5.74, 6) is 1.79. The second-order valence-corrected chi connectivity index (χ2v) is 11.3. The summed E-state index contributed by atoms with van der Waals surface area (Å²) in [6.45, 7) is 9.11. The van der Waals surface area contributed by atoms with E-state index in [1.54, 1.807) is 23.1 Å². The predicted molar refractivity (Wildman–Crippen MR) is 149 cm³/mol. The molecule has 8 heteroatoms. The molecule has 2 aromatic heterocycles. The molecule has 0 saturated carbocycles. The summed E-state index contributed by atoms with van der Waals surface area (Å²) in [7, 11) is 0. The molecule has 190 valence electrons. The fourth-order valence-electron chi connectivity index (χ4n) is 4.39. The Labute approximate surface area is 217 Å². The molecule has 0 spiro atoms. The zero-order chi connectivity index (χ0) is 25.4. The quantitative estimate of drug-likeness (QED) is 0.288. The minimum Gasteiger partial charge on any atom is -0.353 e. The van der Waals surface area contributed by atoms with Crippen LogP contribution in [-0.4, -0.2) is 46.0 Å². The summed E-state index contributed by atoms with van der Waals surface area (Å²) < 4.78 is 2.34. The molecule has 0 bridgehead atoms. The van der Waals surface area contributed by atoms with Gasteiger partial charge in [-0.05, 0) is 61.1 Å². The number of carbonyl (C=O) groups excluding carboxylic acids is 2. The number of nitrogens with zero attached hydrogens (tertiary/aromatic N) is 2. The Bertz CT molecular complexity index is 1100. The normalized spacial score (nSPS) is 12.4. The Morgan fingerprint density at radius 1 is 1.17 bits per heavy atom. The molecule has 3 aromatic rings. The fourth-order valence-corrected chi connectivity index (χ4v) is 5.40. The molecule has 0 aliphatic rings. The number of nitrogens with one attached hydrogen (secondary N) is 2. The summed E-state index contributed by atoms with van der Waals surface area (Å²) in [6.07, 6.45) is 5.41. The topological polar surface area (TPSA) is 76.0 Å². The van der Waals surface area contributed by atoms with Crippen molar-refractivity contribution in [3.05, 3.63) is 52.0 Å². The highest BCUT2D eigenvalue weighted by Gasteiger charge is 2.23. The van der Waals surface area contributed by atoms with Crippen LogP contribution in [0, 0.1) is 5.92 Å². The lowest BCUT2D eigenvalue weighted by molar-refractivity contribution is -0.123. The zero-order valence-electron chi connectivity index (χ0n) is 21.5. The van der Waals surface area contributed by atoms with E-state index in [1.807, 2.05) is 24.5 Å². The summed E-state index contributed by atoms with van der Waals surface area (Å²) in [5.41, 5.74) is 2.40. The number of carbonyl (C=O) groups is 2. The molecule has 1 aromatic carbocycles. The Hall–Kier alpha value is -2.32. The molecule has 6 nitrogen and oxygen atoms in total. The maximum atomic E-state index is 13.2. The summed E-state index contributed by atoms with van der Waals surface area (Å²) in [4.78, 5) is 32.1. The first kappa shape index (κ1) is 27.3. The molecule has 2 N–H and O–H groups in total. The minimum atomic E-state index is -0.559. The third kappa shape index (κ3) is 7.10. The number of fused-ring (bicyclic) bond motifs is 1. The number of thiophene rings is 1. The van der Waals surface area contributed by atoms with Crippen LogP contribution in [0.15, 0.2) is 35.7 Å². The van der Waals surface area contributed by atoms with Gasteiger partial charge in [-0.3, -0.25) is 9.59 Å². The second-order valence-electron chi connectivity index (χ2n) is 9.27. The lowest BCUT2D eigenvalue weighted by Gasteiger charge is -2.20. The van der Waals surface area contributed by atoms with Crippen molar-refractivity contribution in [3.8, 4) is 0 Å². The maximum absolute atomic E-state index is 13.2. The van der Waals surface area contributed by atoms with Crippen LogP contribution in [0.25, 0.3) is 11.0 Å². The van der Waals surface area contributed by atoms with Crippen molar-refractivity contribution in [2.45, 2.75) is 65.5 Å². The van der Waals surface area contributed by atoms with Gasteiger partial charge in [0, 0.05) is 35.2 Å². The molecular weight excluding hydrogens is 476 g/mol. The molecule has 35 heavy (non-hydrogen) atoms. The highest BCUT2D eigenvalue weighted by atomic mass is 32.2. The van der Waals surface area contributed by atoms with Crippen LogP contribution in [0.4, 0.5) is 0 Å². The van der Waals surface area contributed by atoms with E-state index in [1.165, 1.54) is 4.88 Å². The van der Waals surface area contributed by atoms with Crippen molar-refractivity contribution in [2.24, 2.45) is 5.92 Å². The lowest BCUT2D eigenvalue weighted by atomic mass is 10.0. The monoisotopic (exact) mass is 514 g/mol. The molecule has 2 heterocycles. The third-order valence-electron chi connectivity index (χ3n) is 6.18. The number of hydrogen-bond donors (Lipinski definition) is 2. The Balaban J connectivity index is 1.88. The molecule has 0 saturated heterocycles. The van der Waals surface area contributed by atoms with E-state index in [-0.39, 0.29) is 17.7 Å². The molecule has 0 aliphatic heterocycles. The average Bonchev–Trinajstić information content (AvgIpc) is 3.47. The van der Waals surface area contributed by atoms with Crippen LogP contribution in [0.5, 0.6) is 0 Å². The van der Waals surface area contributed by atoms with Crippen LogP contribution >= 0.6 is 23.1 Å². The van der Waals surface area contributed by atoms with Gasteiger partial charge in [-0.15, -0.1) is 11.3 Å². The van der Waals surface area contributed by atoms with Crippen LogP contribution < -0.4 is 10.6 Å². The van der Waals surface area contributed by atoms with Gasteiger partial charge in [0.2, 0.25) is 5.91 Å². The van der Waals surface area contributed by atoms with Gasteiger partial charge in [-0.2, -0.15) is 11.8 Å². The van der Waals surface area contributed by atoms with Gasteiger partial charge in [0.15, 0.2) is 0 Å². The molecule has 3 rings (SSSR count). The van der Waals surface area contributed by atoms with Crippen molar-refractivity contribution >= 4 is 45.9 Å². The van der Waals surface area contributed by atoms with Crippen molar-refractivity contribution in [3.63, 3.8) is 0 Å². The molecule has 1 atom stereocenters. The van der Waals surface area contributed by atoms with Gasteiger partial charge in [0.05, 0.1) is 11.0 Å². The van der Waals surface area contributed by atoms with E-state index < -0.39 is 6.04 Å². The van der Waals surface area contributed by atoms with E-state index in [2.05, 4.69) is 60.4 Å². The molecule has 0 radical (unpaired) electrons. The van der Waals surface area contributed by atoms with Gasteiger partial charge < -0.3 is 15.2 Å². The number of imidazole rings is 1. The van der Waals surface area contributed by atoms with Crippen LogP contribution in [0.3, 0.4) is 0 Å². The molecule has 0 aliphatic carbocycles. The number of thioether (sulfide) groups is 1. The summed E-state index contributed by atoms with van der Waals surface area (Å²) >= 11 is 3.42. The first-order chi connectivity index (χ1) is 16.9. The van der Waals surface area contributed by atoms with Gasteiger partial charge in [-0.1, -0.05) is 33.8 Å². The van der Waals surface area contributed by atoms with Crippen LogP contribution in [0.1, 0.15) is 74.1 Å². The summed E-state index contributed by atoms with van der Waals surface area (Å²) in [5, 5.41) is 8.00. The Kier molecular flexibility index (Phi) is 10.2. The standard InChI is InChI=1S/C27H38N4O2S2/c1-6-20(7-2)31-24-11-10-19(16-22(24)29-25(31)17-21-9-8-13-35-21)26(32)30-23(15-18(3)4)27(33)28-12-14-34-5/h8-11,13,16,18,20,23H,6-7,12,14-15,17H2,1-5H3,(H,28,33)(H,30,32). The lowest BCUT2D eigenvalue weighted by Crippen LogP contribution is -2.47. The second kappa shape index (κ2) is 13.1. The van der Waals surface area contributed by atoms with E-state index in [0.717, 1.165) is 41.9 Å². The smallest absolute Gasteiger partial charge is 0.252 e. The molecular formula is C27H38N4O2S2. The van der Waals surface area contributed by atoms with Gasteiger partial charge in [0.25, 0.3) is 5.91 Å². The van der Waals surface area contributed by atoms with E-state index in [0.29, 0.717) is 24.6 Å². The summed E-state index contributed by atoms with van der Waals surface area (Å²) in [6, 6.07) is 9.72. The number of amides is 2. The molecule has 2 amide bonds. The van der Waals surface area contributed by atoms with Crippen molar-refractivity contribution in [2.75, 3.05) is 18.6 Å². The predicted octanol–water partition coefficient (Wildman–Crippen LogP) is 5.67. The minimum absolute atomic E-state index is 0.126. The zero-order valence-corrected chi connectivity index (χ0v) is 23.1. The number of benzene rings is 1. The molecule has 1 unspecified atom stereocenters. The van der Waals surface area contributed by atoms with Gasteiger partial charge in [-0.25, -0.2) is 4.98 Å². The Morgan fingerprint density at radius 3 is 2.57 bits per heavy atom. The average molecular weight is 515 g/mol. The largest absolute Gasteiger partial charge is 0.353 e. The highest BCUT2D eigenvalue weighted by molar-refractivity contribution is 7.98. The number of rotatable bonds is 13. The van der Waals surface area contributed by atoms with E-state index in [9.17, 15) is 9.59 Å². The highest BCUT2D eigenvalue weighted by Crippen LogP contribution is 2.28. The van der Waals surface area contributed by atoms with E-state index in [4.69, 9.17) is 4.98 Å². The SMILES string of the molecule is CCC(CC)n1c(Cc2cccs2)nc2cc(C(=O)NC(CC(C)C)C(=O)NCCSC)ccc21. The van der Waals surface area contributed by atoms with Crippen LogP contribution in [0.2, 0.25) is 0 Å². The van der Waals surface area contributed by atoms with Crippen molar-refractivity contribution < 1.29 is 9.59 Å². The number of hydrogen-bond acceptors (Lipinski definition) is 5. The molecule has 0 fully saturated rings. The fraction of sp³-hybridized carbons (Fsp3) is 0.519. The van der Waals surface area contributed by atoms with E-state index >= 15 is 0 Å². The first-order valence-electron chi connectivity index (χ1n) is 12.5. The van der Waals surface area contributed by atoms with Crippen LogP contribution in [-0.2, 0) is 11.2 Å². The Morgan fingerprint density at radius 2 is 1.94 bits per heavy atom.